The van der Waals surface area contributed by atoms with Gasteiger partial charge in [0, 0.05) is 12.5 Å². The monoisotopic (exact) mass is 315 g/mol. The van der Waals surface area contributed by atoms with E-state index in [1.165, 1.54) is 6.26 Å². The summed E-state index contributed by atoms with van der Waals surface area (Å²) in [7, 11) is 0. The molecule has 23 heavy (non-hydrogen) atoms. The Morgan fingerprint density at radius 1 is 1.35 bits per heavy atom. The molecule has 2 N–H and O–H groups in total. The van der Waals surface area contributed by atoms with Crippen LogP contribution in [0.3, 0.4) is 0 Å². The van der Waals surface area contributed by atoms with Gasteiger partial charge in [-0.2, -0.15) is 0 Å². The van der Waals surface area contributed by atoms with Crippen molar-refractivity contribution < 1.29 is 19.1 Å². The summed E-state index contributed by atoms with van der Waals surface area (Å²) in [5, 5.41) is 13.0. The lowest BCUT2D eigenvalue weighted by molar-refractivity contribution is -0.135. The Morgan fingerprint density at radius 3 is 2.96 bits per heavy atom. The number of furan rings is 1. The van der Waals surface area contributed by atoms with Crippen LogP contribution in [-0.2, 0) is 16.0 Å². The van der Waals surface area contributed by atoms with Crippen LogP contribution in [0.25, 0.3) is 0 Å². The molecule has 1 amide bonds. The summed E-state index contributed by atoms with van der Waals surface area (Å²) >= 11 is 0. The van der Waals surface area contributed by atoms with Crippen molar-refractivity contribution in [3.8, 4) is 0 Å². The molecule has 1 aliphatic rings. The lowest BCUT2D eigenvalue weighted by atomic mass is 9.97. The van der Waals surface area contributed by atoms with Crippen LogP contribution >= 0.6 is 0 Å². The van der Waals surface area contributed by atoms with Crippen LogP contribution in [-0.4, -0.2) is 23.7 Å². The molecular weight excluding hydrogens is 294 g/mol. The quantitative estimate of drug-likeness (QED) is 0.889. The molecule has 0 unspecified atom stereocenters. The SMILES string of the molecule is C[C@H](C[C@H](O)c1ccco1)NC(=O)[C@H]1OCCc2ccccc21. The van der Waals surface area contributed by atoms with Gasteiger partial charge >= 0.3 is 0 Å². The number of amides is 1. The Labute approximate surface area is 135 Å². The molecule has 5 heteroatoms. The molecule has 2 aromatic rings. The zero-order valence-electron chi connectivity index (χ0n) is 13.1. The normalized spacial score (nSPS) is 19.7. The maximum absolute atomic E-state index is 12.5. The minimum absolute atomic E-state index is 0.170. The van der Waals surface area contributed by atoms with Crippen LogP contribution in [0.5, 0.6) is 0 Å². The molecule has 0 radical (unpaired) electrons. The van der Waals surface area contributed by atoms with Crippen molar-refractivity contribution in [2.75, 3.05) is 6.61 Å². The number of benzene rings is 1. The fourth-order valence-corrected chi connectivity index (χ4v) is 2.92. The first-order chi connectivity index (χ1) is 11.1. The van der Waals surface area contributed by atoms with Gasteiger partial charge in [-0.1, -0.05) is 24.3 Å². The molecule has 122 valence electrons. The van der Waals surface area contributed by atoms with Gasteiger partial charge < -0.3 is 19.6 Å². The Hall–Kier alpha value is -2.11. The van der Waals surface area contributed by atoms with Gasteiger partial charge in [0.1, 0.15) is 11.9 Å². The van der Waals surface area contributed by atoms with Crippen LogP contribution in [0.4, 0.5) is 0 Å². The van der Waals surface area contributed by atoms with E-state index in [1.807, 2.05) is 31.2 Å². The number of hydrogen-bond donors (Lipinski definition) is 2. The second-order valence-electron chi connectivity index (χ2n) is 5.88. The summed E-state index contributed by atoms with van der Waals surface area (Å²) in [6.07, 6.45) is 1.41. The highest BCUT2D eigenvalue weighted by Gasteiger charge is 2.28. The summed E-state index contributed by atoms with van der Waals surface area (Å²) in [6.45, 7) is 2.40. The molecule has 0 bridgehead atoms. The summed E-state index contributed by atoms with van der Waals surface area (Å²) < 4.78 is 10.8. The van der Waals surface area contributed by atoms with E-state index in [-0.39, 0.29) is 11.9 Å². The van der Waals surface area contributed by atoms with Crippen molar-refractivity contribution >= 4 is 5.91 Å². The van der Waals surface area contributed by atoms with Crippen molar-refractivity contribution in [1.29, 1.82) is 0 Å². The highest BCUT2D eigenvalue weighted by Crippen LogP contribution is 2.27. The Morgan fingerprint density at radius 2 is 2.17 bits per heavy atom. The van der Waals surface area contributed by atoms with Gasteiger partial charge in [0.05, 0.1) is 12.9 Å². The van der Waals surface area contributed by atoms with E-state index in [9.17, 15) is 9.90 Å². The minimum atomic E-state index is -0.736. The fourth-order valence-electron chi connectivity index (χ4n) is 2.92. The minimum Gasteiger partial charge on any atom is -0.467 e. The number of aliphatic hydroxyl groups excluding tert-OH is 1. The Kier molecular flexibility index (Phi) is 4.79. The van der Waals surface area contributed by atoms with E-state index >= 15 is 0 Å². The first-order valence-electron chi connectivity index (χ1n) is 7.86. The summed E-state index contributed by atoms with van der Waals surface area (Å²) in [4.78, 5) is 12.5. The lowest BCUT2D eigenvalue weighted by Crippen LogP contribution is -2.39. The molecule has 1 aromatic heterocycles. The van der Waals surface area contributed by atoms with E-state index in [4.69, 9.17) is 9.15 Å². The summed E-state index contributed by atoms with van der Waals surface area (Å²) in [6, 6.07) is 11.1. The second kappa shape index (κ2) is 6.98. The third-order valence-corrected chi connectivity index (χ3v) is 4.07. The average molecular weight is 315 g/mol. The standard InChI is InChI=1S/C18H21NO4/c1-12(11-15(20)16-7-4-9-22-16)19-18(21)17-14-6-3-2-5-13(14)8-10-23-17/h2-7,9,12,15,17,20H,8,10-11H2,1H3,(H,19,21)/t12-,15+,17+/m1/s1. The van der Waals surface area contributed by atoms with Crippen LogP contribution in [0.2, 0.25) is 0 Å². The zero-order chi connectivity index (χ0) is 16.2. The molecule has 0 aliphatic carbocycles. The van der Waals surface area contributed by atoms with Gasteiger partial charge in [0.2, 0.25) is 0 Å². The Balaban J connectivity index is 1.61. The number of carbonyl (C=O) groups is 1. The predicted octanol–water partition coefficient (Wildman–Crippen LogP) is 2.52. The summed E-state index contributed by atoms with van der Waals surface area (Å²) in [5.74, 6) is 0.335. The molecule has 0 saturated carbocycles. The fraction of sp³-hybridized carbons (Fsp3) is 0.389. The second-order valence-corrected chi connectivity index (χ2v) is 5.88. The van der Waals surface area contributed by atoms with Crippen molar-refractivity contribution in [1.82, 2.24) is 5.32 Å². The van der Waals surface area contributed by atoms with Crippen LogP contribution in [0, 0.1) is 0 Å². The predicted molar refractivity (Wildman–Crippen MR) is 84.7 cm³/mol. The maximum Gasteiger partial charge on any atom is 0.253 e. The first kappa shape index (κ1) is 15.8. The largest absolute Gasteiger partial charge is 0.467 e. The number of hydrogen-bond acceptors (Lipinski definition) is 4. The third kappa shape index (κ3) is 3.63. The van der Waals surface area contributed by atoms with Crippen LogP contribution < -0.4 is 5.32 Å². The van der Waals surface area contributed by atoms with Crippen molar-refractivity contribution in [2.45, 2.75) is 38.0 Å². The van der Waals surface area contributed by atoms with E-state index in [0.29, 0.717) is 18.8 Å². The van der Waals surface area contributed by atoms with Crippen molar-refractivity contribution in [3.63, 3.8) is 0 Å². The highest BCUT2D eigenvalue weighted by molar-refractivity contribution is 5.83. The summed E-state index contributed by atoms with van der Waals surface area (Å²) in [5.41, 5.74) is 2.08. The molecule has 0 saturated heterocycles. The Bertz CT molecular complexity index is 653. The average Bonchev–Trinajstić information content (AvgIpc) is 3.08. The van der Waals surface area contributed by atoms with Gasteiger partial charge in [-0.15, -0.1) is 0 Å². The van der Waals surface area contributed by atoms with Gasteiger partial charge in [-0.3, -0.25) is 4.79 Å². The molecule has 3 atom stereocenters. The van der Waals surface area contributed by atoms with Crippen LogP contribution in [0.1, 0.15) is 42.4 Å². The number of carbonyl (C=O) groups excluding carboxylic acids is 1. The molecule has 2 heterocycles. The van der Waals surface area contributed by atoms with Crippen molar-refractivity contribution in [2.24, 2.45) is 0 Å². The molecular formula is C18H21NO4. The van der Waals surface area contributed by atoms with Gasteiger partial charge in [-0.25, -0.2) is 0 Å². The number of ether oxygens (including phenoxy) is 1. The third-order valence-electron chi connectivity index (χ3n) is 4.07. The van der Waals surface area contributed by atoms with Crippen LogP contribution in [0.15, 0.2) is 47.1 Å². The molecule has 0 spiro atoms. The lowest BCUT2D eigenvalue weighted by Gasteiger charge is -2.27. The number of aliphatic hydroxyl groups is 1. The van der Waals surface area contributed by atoms with Crippen molar-refractivity contribution in [3.05, 3.63) is 59.5 Å². The molecule has 1 aromatic carbocycles. The molecule has 0 fully saturated rings. The maximum atomic E-state index is 12.5. The van der Waals surface area contributed by atoms with Gasteiger partial charge in [0.15, 0.2) is 6.10 Å². The molecule has 1 aliphatic heterocycles. The zero-order valence-corrected chi connectivity index (χ0v) is 13.1. The highest BCUT2D eigenvalue weighted by atomic mass is 16.5. The number of nitrogens with one attached hydrogen (secondary N) is 1. The van der Waals surface area contributed by atoms with E-state index in [2.05, 4.69) is 5.32 Å². The van der Waals surface area contributed by atoms with E-state index in [0.717, 1.165) is 17.5 Å². The smallest absolute Gasteiger partial charge is 0.253 e. The van der Waals surface area contributed by atoms with Gasteiger partial charge in [-0.05, 0) is 36.6 Å². The van der Waals surface area contributed by atoms with E-state index < -0.39 is 12.2 Å². The molecule has 3 rings (SSSR count). The van der Waals surface area contributed by atoms with E-state index in [1.54, 1.807) is 12.1 Å². The molecule has 5 nitrogen and oxygen atoms in total. The number of rotatable bonds is 5. The first-order valence-corrected chi connectivity index (χ1v) is 7.86. The number of fused-ring (bicyclic) bond motifs is 1. The van der Waals surface area contributed by atoms with Gasteiger partial charge in [0.25, 0.3) is 5.91 Å². The topological polar surface area (TPSA) is 71.7 Å².